The zero-order valence-corrected chi connectivity index (χ0v) is 18.7. The Morgan fingerprint density at radius 3 is 2.47 bits per heavy atom. The molecule has 2 aliphatic heterocycles. The van der Waals surface area contributed by atoms with Crippen LogP contribution >= 0.6 is 0 Å². The highest BCUT2D eigenvalue weighted by Crippen LogP contribution is 2.27. The molecule has 2 fully saturated rings. The van der Waals surface area contributed by atoms with Crippen molar-refractivity contribution in [3.8, 4) is 11.4 Å². The van der Waals surface area contributed by atoms with Crippen molar-refractivity contribution >= 4 is 17.5 Å². The van der Waals surface area contributed by atoms with E-state index in [9.17, 15) is 0 Å². The van der Waals surface area contributed by atoms with E-state index in [2.05, 4.69) is 10.2 Å². The van der Waals surface area contributed by atoms with Gasteiger partial charge in [0.05, 0.1) is 17.1 Å². The fourth-order valence-corrected chi connectivity index (χ4v) is 5.00. The maximum Gasteiger partial charge on any atom is 0.230 e. The van der Waals surface area contributed by atoms with Gasteiger partial charge in [0, 0.05) is 38.4 Å². The summed E-state index contributed by atoms with van der Waals surface area (Å²) in [5.41, 5.74) is 5.67. The normalized spacial score (nSPS) is 19.5. The van der Waals surface area contributed by atoms with Gasteiger partial charge in [-0.1, -0.05) is 0 Å². The number of anilines is 2. The molecule has 1 aliphatic carbocycles. The third-order valence-corrected chi connectivity index (χ3v) is 6.80. The molecule has 0 amide bonds. The molecule has 168 valence electrons. The van der Waals surface area contributed by atoms with Crippen LogP contribution in [0.5, 0.6) is 0 Å². The van der Waals surface area contributed by atoms with Crippen LogP contribution in [0.2, 0.25) is 0 Å². The van der Waals surface area contributed by atoms with E-state index in [0.29, 0.717) is 6.04 Å². The lowest BCUT2D eigenvalue weighted by Gasteiger charge is -2.24. The lowest BCUT2D eigenvalue weighted by Crippen LogP contribution is -2.30. The zero-order chi connectivity index (χ0) is 21.5. The highest BCUT2D eigenvalue weighted by molar-refractivity contribution is 5.65. The molecule has 0 bridgehead atoms. The van der Waals surface area contributed by atoms with E-state index in [1.807, 2.05) is 17.5 Å². The number of aryl methyl sites for hydroxylation is 3. The Hall–Kier alpha value is -2.81. The third kappa shape index (κ3) is 3.68. The zero-order valence-electron chi connectivity index (χ0n) is 18.7. The summed E-state index contributed by atoms with van der Waals surface area (Å²) in [6.45, 7) is 5.59. The maximum absolute atomic E-state index is 5.53. The topological polar surface area (TPSA) is 93.4 Å². The summed E-state index contributed by atoms with van der Waals surface area (Å²) in [5, 5.41) is 8.53. The molecule has 6 rings (SSSR count). The molecule has 3 aromatic heterocycles. The van der Waals surface area contributed by atoms with E-state index < -0.39 is 0 Å². The summed E-state index contributed by atoms with van der Waals surface area (Å²) in [6, 6.07) is 2.36. The second-order valence-corrected chi connectivity index (χ2v) is 9.13. The molecule has 0 saturated carbocycles. The smallest absolute Gasteiger partial charge is 0.230 e. The highest BCUT2D eigenvalue weighted by atomic mass is 16.5. The molecule has 3 aliphatic rings. The van der Waals surface area contributed by atoms with Crippen molar-refractivity contribution in [3.05, 3.63) is 23.1 Å². The van der Waals surface area contributed by atoms with Gasteiger partial charge < -0.3 is 15.0 Å². The minimum atomic E-state index is 0.325. The van der Waals surface area contributed by atoms with Crippen molar-refractivity contribution < 1.29 is 4.74 Å². The molecule has 1 N–H and O–H groups in total. The molecule has 0 atom stereocenters. The molecule has 0 radical (unpaired) electrons. The number of hydrogen-bond donors (Lipinski definition) is 1. The van der Waals surface area contributed by atoms with Crippen molar-refractivity contribution in [2.24, 2.45) is 0 Å². The number of fused-ring (bicyclic) bond motifs is 2. The van der Waals surface area contributed by atoms with Crippen molar-refractivity contribution in [1.29, 1.82) is 0 Å². The Bertz CT molecular complexity index is 1130. The first-order valence-electron chi connectivity index (χ1n) is 12.0. The average molecular weight is 435 g/mol. The number of hydrogen-bond acceptors (Lipinski definition) is 8. The number of ether oxygens (including phenoxy) is 1. The van der Waals surface area contributed by atoms with Crippen LogP contribution in [-0.4, -0.2) is 61.9 Å². The Morgan fingerprint density at radius 2 is 1.69 bits per heavy atom. The monoisotopic (exact) mass is 434 g/mol. The first-order chi connectivity index (χ1) is 15.7. The van der Waals surface area contributed by atoms with Gasteiger partial charge in [0.25, 0.3) is 0 Å². The molecule has 32 heavy (non-hydrogen) atoms. The lowest BCUT2D eigenvalue weighted by molar-refractivity contribution is 0.0902. The van der Waals surface area contributed by atoms with Gasteiger partial charge in [0.1, 0.15) is 11.4 Å². The molecule has 9 heteroatoms. The van der Waals surface area contributed by atoms with Gasteiger partial charge in [-0.25, -0.2) is 4.98 Å². The van der Waals surface area contributed by atoms with Gasteiger partial charge in [-0.2, -0.15) is 19.6 Å². The molecule has 0 spiro atoms. The number of nitrogens with zero attached hydrogens (tertiary/aromatic N) is 7. The number of aromatic nitrogens is 6. The summed E-state index contributed by atoms with van der Waals surface area (Å²) < 4.78 is 7.37. The van der Waals surface area contributed by atoms with E-state index in [4.69, 9.17) is 29.8 Å². The molecule has 5 heterocycles. The van der Waals surface area contributed by atoms with Gasteiger partial charge in [-0.15, -0.1) is 0 Å². The van der Waals surface area contributed by atoms with Crippen LogP contribution in [0.3, 0.4) is 0 Å². The largest absolute Gasteiger partial charge is 0.381 e. The van der Waals surface area contributed by atoms with E-state index in [1.54, 1.807) is 0 Å². The maximum atomic E-state index is 5.53. The fourth-order valence-electron chi connectivity index (χ4n) is 5.00. The van der Waals surface area contributed by atoms with Crippen molar-refractivity contribution in [2.75, 3.05) is 36.5 Å². The minimum absolute atomic E-state index is 0.325. The summed E-state index contributed by atoms with van der Waals surface area (Å²) in [6.07, 6.45) is 8.71. The highest BCUT2D eigenvalue weighted by Gasteiger charge is 2.23. The number of rotatable bonds is 4. The van der Waals surface area contributed by atoms with Gasteiger partial charge in [0.15, 0.2) is 5.65 Å². The predicted molar refractivity (Wildman–Crippen MR) is 122 cm³/mol. The van der Waals surface area contributed by atoms with Crippen LogP contribution in [-0.2, 0) is 17.6 Å². The van der Waals surface area contributed by atoms with Crippen LogP contribution in [0.4, 0.5) is 11.9 Å². The average Bonchev–Trinajstić information content (AvgIpc) is 3.49. The third-order valence-electron chi connectivity index (χ3n) is 6.80. The molecular formula is C23H30N8O. The Labute approximate surface area is 187 Å². The van der Waals surface area contributed by atoms with E-state index in [-0.39, 0.29) is 0 Å². The van der Waals surface area contributed by atoms with Crippen molar-refractivity contribution in [1.82, 2.24) is 29.5 Å². The van der Waals surface area contributed by atoms with Crippen LogP contribution in [0, 0.1) is 6.92 Å². The summed E-state index contributed by atoms with van der Waals surface area (Å²) in [7, 11) is 0. The Balaban J connectivity index is 1.43. The second-order valence-electron chi connectivity index (χ2n) is 9.13. The van der Waals surface area contributed by atoms with E-state index >= 15 is 0 Å². The van der Waals surface area contributed by atoms with Gasteiger partial charge in [0.2, 0.25) is 11.9 Å². The van der Waals surface area contributed by atoms with E-state index in [1.165, 1.54) is 25.7 Å². The molecule has 0 unspecified atom stereocenters. The van der Waals surface area contributed by atoms with E-state index in [0.717, 1.165) is 98.0 Å². The molecule has 2 saturated heterocycles. The van der Waals surface area contributed by atoms with Crippen LogP contribution < -0.4 is 10.2 Å². The molecule has 0 aromatic carbocycles. The van der Waals surface area contributed by atoms with Crippen LogP contribution in [0.1, 0.15) is 55.6 Å². The summed E-state index contributed by atoms with van der Waals surface area (Å²) in [4.78, 5) is 21.9. The van der Waals surface area contributed by atoms with Crippen LogP contribution in [0.25, 0.3) is 17.0 Å². The predicted octanol–water partition coefficient (Wildman–Crippen LogP) is 2.96. The van der Waals surface area contributed by atoms with Crippen molar-refractivity contribution in [3.63, 3.8) is 0 Å². The lowest BCUT2D eigenvalue weighted by atomic mass is 10.00. The first-order valence-corrected chi connectivity index (χ1v) is 12.0. The van der Waals surface area contributed by atoms with Gasteiger partial charge >= 0.3 is 0 Å². The van der Waals surface area contributed by atoms with Crippen molar-refractivity contribution in [2.45, 2.75) is 64.3 Å². The Kier molecular flexibility index (Phi) is 5.13. The standard InChI is InChI=1S/C23H30N8O/c1-15-21(26-18-7-3-2-6-17(18)24-15)19-14-20-27-22(30-10-4-5-11-30)28-23(31(20)29-19)25-16-8-12-32-13-9-16/h14,16H,2-13H2,1H3,(H,25,27,28). The van der Waals surface area contributed by atoms with Gasteiger partial charge in [-0.05, 0) is 58.3 Å². The fraction of sp³-hybridized carbons (Fsp3) is 0.609. The minimum Gasteiger partial charge on any atom is -0.381 e. The second kappa shape index (κ2) is 8.27. The molecule has 3 aromatic rings. The quantitative estimate of drug-likeness (QED) is 0.670. The summed E-state index contributed by atoms with van der Waals surface area (Å²) in [5.74, 6) is 1.53. The SMILES string of the molecule is Cc1nc2c(nc1-c1cc3nc(N4CCCC4)nc(NC4CCOCC4)n3n1)CCCC2. The van der Waals surface area contributed by atoms with Crippen LogP contribution in [0.15, 0.2) is 6.07 Å². The molecular weight excluding hydrogens is 404 g/mol. The molecule has 9 nitrogen and oxygen atoms in total. The first kappa shape index (κ1) is 19.8. The Morgan fingerprint density at radius 1 is 0.938 bits per heavy atom. The van der Waals surface area contributed by atoms with Gasteiger partial charge in [-0.3, -0.25) is 4.98 Å². The summed E-state index contributed by atoms with van der Waals surface area (Å²) >= 11 is 0. The number of nitrogens with one attached hydrogen (secondary N) is 1.